The van der Waals surface area contributed by atoms with Crippen molar-refractivity contribution >= 4 is 10.0 Å². The minimum atomic E-state index is -3.60. The van der Waals surface area contributed by atoms with Crippen molar-refractivity contribution in [2.24, 2.45) is 11.1 Å². The van der Waals surface area contributed by atoms with Crippen LogP contribution in [-0.2, 0) is 10.0 Å². The Morgan fingerprint density at radius 1 is 1.40 bits per heavy atom. The molecule has 1 atom stereocenters. The first-order valence-electron chi connectivity index (χ1n) is 6.33. The molecule has 0 spiro atoms. The van der Waals surface area contributed by atoms with Crippen LogP contribution in [0.25, 0.3) is 0 Å². The Morgan fingerprint density at radius 3 is 2.60 bits per heavy atom. The summed E-state index contributed by atoms with van der Waals surface area (Å²) < 4.78 is 27.2. The van der Waals surface area contributed by atoms with Crippen molar-refractivity contribution in [3.05, 3.63) is 24.0 Å². The molecule has 0 aliphatic heterocycles. The molecule has 1 heterocycles. The topological polar surface area (TPSA) is 85.1 Å². The van der Waals surface area contributed by atoms with E-state index in [-0.39, 0.29) is 22.9 Å². The molecule has 110 valence electrons. The number of hydrogen-bond acceptors (Lipinski definition) is 4. The largest absolute Gasteiger partial charge is 0.320 e. The lowest BCUT2D eigenvalue weighted by atomic mass is 9.89. The molecule has 0 bridgehead atoms. The zero-order valence-corrected chi connectivity index (χ0v) is 13.1. The molecule has 0 aliphatic carbocycles. The fourth-order valence-electron chi connectivity index (χ4n) is 1.26. The molecule has 1 aromatic heterocycles. The SMILES string of the molecule is CC(NS(=O)(=O)c1cncc(C#CCN)c1)C(C)(C)C. The monoisotopic (exact) mass is 295 g/mol. The molecule has 1 rings (SSSR count). The first-order chi connectivity index (χ1) is 9.16. The van der Waals surface area contributed by atoms with Gasteiger partial charge in [-0.2, -0.15) is 0 Å². The standard InChI is InChI=1S/C14H21N3O2S/c1-11(14(2,3)4)17-20(18,19)13-8-12(6-5-7-15)9-16-10-13/h8-11,17H,7,15H2,1-4H3. The Morgan fingerprint density at radius 2 is 2.05 bits per heavy atom. The molecule has 0 radical (unpaired) electrons. The maximum atomic E-state index is 12.3. The van der Waals surface area contributed by atoms with Crippen molar-refractivity contribution in [3.63, 3.8) is 0 Å². The van der Waals surface area contributed by atoms with Crippen LogP contribution in [0.3, 0.4) is 0 Å². The van der Waals surface area contributed by atoms with E-state index in [1.54, 1.807) is 0 Å². The van der Waals surface area contributed by atoms with Crippen molar-refractivity contribution < 1.29 is 8.42 Å². The zero-order valence-electron chi connectivity index (χ0n) is 12.3. The van der Waals surface area contributed by atoms with Gasteiger partial charge < -0.3 is 5.73 Å². The molecule has 0 fully saturated rings. The highest BCUT2D eigenvalue weighted by atomic mass is 32.2. The third-order valence-corrected chi connectivity index (χ3v) is 4.50. The molecule has 0 amide bonds. The van der Waals surface area contributed by atoms with Crippen molar-refractivity contribution in [2.45, 2.75) is 38.6 Å². The first kappa shape index (κ1) is 16.6. The maximum Gasteiger partial charge on any atom is 0.242 e. The number of nitrogens with two attached hydrogens (primary N) is 1. The molecule has 6 heteroatoms. The number of nitrogens with zero attached hydrogens (tertiary/aromatic N) is 1. The second-order valence-electron chi connectivity index (χ2n) is 5.62. The molecule has 0 saturated carbocycles. The van der Waals surface area contributed by atoms with Crippen LogP contribution in [0.5, 0.6) is 0 Å². The van der Waals surface area contributed by atoms with Crippen molar-refractivity contribution in [1.29, 1.82) is 0 Å². The highest BCUT2D eigenvalue weighted by Gasteiger charge is 2.26. The van der Waals surface area contributed by atoms with Gasteiger partial charge >= 0.3 is 0 Å². The molecule has 1 unspecified atom stereocenters. The lowest BCUT2D eigenvalue weighted by Gasteiger charge is -2.27. The van der Waals surface area contributed by atoms with E-state index < -0.39 is 10.0 Å². The van der Waals surface area contributed by atoms with Gasteiger partial charge in [-0.15, -0.1) is 0 Å². The van der Waals surface area contributed by atoms with E-state index in [1.165, 1.54) is 18.5 Å². The van der Waals surface area contributed by atoms with E-state index in [1.807, 2.05) is 27.7 Å². The molecule has 0 saturated heterocycles. The molecule has 5 nitrogen and oxygen atoms in total. The summed E-state index contributed by atoms with van der Waals surface area (Å²) in [7, 11) is -3.60. The number of hydrogen-bond donors (Lipinski definition) is 2. The van der Waals surface area contributed by atoms with Crippen molar-refractivity contribution in [2.75, 3.05) is 6.54 Å². The molecular formula is C14H21N3O2S. The minimum absolute atomic E-state index is 0.109. The zero-order chi connectivity index (χ0) is 15.4. The van der Waals surface area contributed by atoms with E-state index in [0.29, 0.717) is 5.56 Å². The van der Waals surface area contributed by atoms with Gasteiger partial charge in [-0.3, -0.25) is 4.98 Å². The van der Waals surface area contributed by atoms with Crippen LogP contribution >= 0.6 is 0 Å². The second kappa shape index (κ2) is 6.35. The molecule has 3 N–H and O–H groups in total. The molecule has 20 heavy (non-hydrogen) atoms. The summed E-state index contributed by atoms with van der Waals surface area (Å²) in [6.07, 6.45) is 2.82. The number of nitrogens with one attached hydrogen (secondary N) is 1. The predicted molar refractivity (Wildman–Crippen MR) is 79.4 cm³/mol. The highest BCUT2D eigenvalue weighted by Crippen LogP contribution is 2.21. The van der Waals surface area contributed by atoms with Gasteiger partial charge in [0, 0.05) is 24.0 Å². The first-order valence-corrected chi connectivity index (χ1v) is 7.81. The van der Waals surface area contributed by atoms with Crippen LogP contribution in [-0.4, -0.2) is 26.0 Å². The van der Waals surface area contributed by atoms with Crippen LogP contribution in [0, 0.1) is 17.3 Å². The predicted octanol–water partition coefficient (Wildman–Crippen LogP) is 1.10. The second-order valence-corrected chi connectivity index (χ2v) is 7.34. The van der Waals surface area contributed by atoms with E-state index >= 15 is 0 Å². The molecule has 1 aromatic rings. The van der Waals surface area contributed by atoms with Crippen molar-refractivity contribution in [3.8, 4) is 11.8 Å². The van der Waals surface area contributed by atoms with Crippen LogP contribution < -0.4 is 10.5 Å². The van der Waals surface area contributed by atoms with Crippen LogP contribution in [0.4, 0.5) is 0 Å². The Balaban J connectivity index is 3.04. The van der Waals surface area contributed by atoms with Gasteiger partial charge in [0.15, 0.2) is 0 Å². The minimum Gasteiger partial charge on any atom is -0.320 e. The molecule has 0 aliphatic rings. The summed E-state index contributed by atoms with van der Waals surface area (Å²) in [4.78, 5) is 4.02. The van der Waals surface area contributed by atoms with Crippen molar-refractivity contribution in [1.82, 2.24) is 9.71 Å². The quantitative estimate of drug-likeness (QED) is 0.818. The Bertz CT molecular complexity index is 622. The van der Waals surface area contributed by atoms with E-state index in [4.69, 9.17) is 5.73 Å². The smallest absolute Gasteiger partial charge is 0.242 e. The van der Waals surface area contributed by atoms with Gasteiger partial charge in [-0.05, 0) is 18.4 Å². The number of rotatable bonds is 3. The molecule has 0 aromatic carbocycles. The number of sulfonamides is 1. The fraction of sp³-hybridized carbons (Fsp3) is 0.500. The van der Waals surface area contributed by atoms with Crippen LogP contribution in [0.1, 0.15) is 33.3 Å². The highest BCUT2D eigenvalue weighted by molar-refractivity contribution is 7.89. The van der Waals surface area contributed by atoms with E-state index in [2.05, 4.69) is 21.5 Å². The summed E-state index contributed by atoms with van der Waals surface area (Å²) in [6.45, 7) is 7.98. The van der Waals surface area contributed by atoms with Gasteiger partial charge in [0.05, 0.1) is 6.54 Å². The summed E-state index contributed by atoms with van der Waals surface area (Å²) in [5, 5.41) is 0. The van der Waals surface area contributed by atoms with Gasteiger partial charge in [0.1, 0.15) is 4.90 Å². The Labute approximate surface area is 121 Å². The van der Waals surface area contributed by atoms with Gasteiger partial charge in [0.25, 0.3) is 0 Å². The summed E-state index contributed by atoms with van der Waals surface area (Å²) in [5.41, 5.74) is 5.65. The lowest BCUT2D eigenvalue weighted by Crippen LogP contribution is -2.41. The number of pyridine rings is 1. The molecular weight excluding hydrogens is 274 g/mol. The van der Waals surface area contributed by atoms with Gasteiger partial charge in [-0.25, -0.2) is 13.1 Å². The van der Waals surface area contributed by atoms with Gasteiger partial charge in [-0.1, -0.05) is 32.6 Å². The van der Waals surface area contributed by atoms with Gasteiger partial charge in [0.2, 0.25) is 10.0 Å². The van der Waals surface area contributed by atoms with E-state index in [9.17, 15) is 8.42 Å². The third-order valence-electron chi connectivity index (χ3n) is 2.99. The average Bonchev–Trinajstić information content (AvgIpc) is 2.35. The average molecular weight is 295 g/mol. The Kier molecular flexibility index (Phi) is 5.28. The summed E-state index contributed by atoms with van der Waals surface area (Å²) in [5.74, 6) is 5.44. The van der Waals surface area contributed by atoms with Crippen LogP contribution in [0.15, 0.2) is 23.4 Å². The maximum absolute atomic E-state index is 12.3. The van der Waals surface area contributed by atoms with E-state index in [0.717, 1.165) is 0 Å². The van der Waals surface area contributed by atoms with Crippen LogP contribution in [0.2, 0.25) is 0 Å². The summed E-state index contributed by atoms with van der Waals surface area (Å²) in [6, 6.07) is 1.29. The summed E-state index contributed by atoms with van der Waals surface area (Å²) >= 11 is 0. The lowest BCUT2D eigenvalue weighted by molar-refractivity contribution is 0.317. The Hall–Kier alpha value is -1.42. The third kappa shape index (κ3) is 4.60. The fourth-order valence-corrected chi connectivity index (χ4v) is 2.70. The number of aromatic nitrogens is 1. The normalized spacial score (nSPS) is 13.4.